The van der Waals surface area contributed by atoms with Crippen LogP contribution in [0.3, 0.4) is 0 Å². The summed E-state index contributed by atoms with van der Waals surface area (Å²) in [5.41, 5.74) is 12.5. The van der Waals surface area contributed by atoms with E-state index in [4.69, 9.17) is 11.5 Å². The molecule has 4 N–H and O–H groups in total. The summed E-state index contributed by atoms with van der Waals surface area (Å²) in [5.74, 6) is 0. The highest BCUT2D eigenvalue weighted by molar-refractivity contribution is 4.93. The van der Waals surface area contributed by atoms with Gasteiger partial charge in [-0.3, -0.25) is 0 Å². The Morgan fingerprint density at radius 3 is 2.31 bits per heavy atom. The van der Waals surface area contributed by atoms with E-state index in [0.29, 0.717) is 16.9 Å². The van der Waals surface area contributed by atoms with E-state index in [-0.39, 0.29) is 0 Å². The molecule has 0 spiro atoms. The molecule has 1 saturated carbocycles. The zero-order chi connectivity index (χ0) is 10.1. The SMILES string of the molecule is CC1(C)CC(N)CC(C)(CCN)C1. The maximum Gasteiger partial charge on any atom is 0.00491 e. The summed E-state index contributed by atoms with van der Waals surface area (Å²) in [6.45, 7) is 7.77. The second-order valence-electron chi connectivity index (χ2n) is 5.86. The first-order valence-electron chi connectivity index (χ1n) is 5.33. The number of nitrogens with two attached hydrogens (primary N) is 2. The molecule has 78 valence electrons. The molecule has 1 rings (SSSR count). The van der Waals surface area contributed by atoms with Crippen LogP contribution < -0.4 is 11.5 Å². The normalized spacial score (nSPS) is 39.0. The van der Waals surface area contributed by atoms with Crippen molar-refractivity contribution in [2.45, 2.75) is 52.5 Å². The summed E-state index contributed by atoms with van der Waals surface area (Å²) in [6.07, 6.45) is 4.69. The van der Waals surface area contributed by atoms with Crippen LogP contribution in [0.25, 0.3) is 0 Å². The molecule has 0 aromatic heterocycles. The van der Waals surface area contributed by atoms with Crippen LogP contribution >= 0.6 is 0 Å². The fourth-order valence-electron chi connectivity index (χ4n) is 3.25. The highest BCUT2D eigenvalue weighted by atomic mass is 14.7. The van der Waals surface area contributed by atoms with E-state index in [0.717, 1.165) is 25.8 Å². The van der Waals surface area contributed by atoms with Crippen molar-refractivity contribution in [2.75, 3.05) is 6.54 Å². The summed E-state index contributed by atoms with van der Waals surface area (Å²) in [5, 5.41) is 0. The van der Waals surface area contributed by atoms with Gasteiger partial charge >= 0.3 is 0 Å². The highest BCUT2D eigenvalue weighted by Gasteiger charge is 2.39. The predicted octanol–water partition coefficient (Wildman–Crippen LogP) is 1.88. The summed E-state index contributed by atoms with van der Waals surface area (Å²) in [4.78, 5) is 0. The molecule has 1 aliphatic rings. The van der Waals surface area contributed by atoms with Crippen LogP contribution in [0.15, 0.2) is 0 Å². The highest BCUT2D eigenvalue weighted by Crippen LogP contribution is 2.46. The molecule has 0 aliphatic heterocycles. The Bertz CT molecular complexity index is 177. The van der Waals surface area contributed by atoms with Crippen LogP contribution in [0.2, 0.25) is 0 Å². The molecule has 2 unspecified atom stereocenters. The average molecular weight is 184 g/mol. The molecule has 2 nitrogen and oxygen atoms in total. The lowest BCUT2D eigenvalue weighted by molar-refractivity contribution is 0.0781. The molecule has 0 bridgehead atoms. The smallest absolute Gasteiger partial charge is 0.00491 e. The summed E-state index contributed by atoms with van der Waals surface area (Å²) in [7, 11) is 0. The molecule has 0 heterocycles. The van der Waals surface area contributed by atoms with Crippen molar-refractivity contribution in [2.24, 2.45) is 22.3 Å². The van der Waals surface area contributed by atoms with Crippen molar-refractivity contribution in [3.05, 3.63) is 0 Å². The van der Waals surface area contributed by atoms with Crippen LogP contribution in [0.1, 0.15) is 46.5 Å². The molecule has 2 heteroatoms. The van der Waals surface area contributed by atoms with Gasteiger partial charge in [-0.05, 0) is 43.1 Å². The lowest BCUT2D eigenvalue weighted by Gasteiger charge is -2.45. The monoisotopic (exact) mass is 184 g/mol. The molecule has 0 amide bonds. The van der Waals surface area contributed by atoms with Crippen molar-refractivity contribution in [1.29, 1.82) is 0 Å². The Morgan fingerprint density at radius 1 is 1.23 bits per heavy atom. The molecule has 0 aromatic rings. The van der Waals surface area contributed by atoms with Gasteiger partial charge in [0.2, 0.25) is 0 Å². The second-order valence-corrected chi connectivity index (χ2v) is 5.86. The Hall–Kier alpha value is -0.0800. The topological polar surface area (TPSA) is 52.0 Å². The van der Waals surface area contributed by atoms with Gasteiger partial charge in [-0.1, -0.05) is 20.8 Å². The van der Waals surface area contributed by atoms with Crippen LogP contribution in [0.4, 0.5) is 0 Å². The number of hydrogen-bond donors (Lipinski definition) is 2. The fraction of sp³-hybridized carbons (Fsp3) is 1.00. The van der Waals surface area contributed by atoms with Gasteiger partial charge in [-0.2, -0.15) is 0 Å². The van der Waals surface area contributed by atoms with Crippen LogP contribution in [0.5, 0.6) is 0 Å². The molecule has 2 atom stereocenters. The van der Waals surface area contributed by atoms with E-state index in [2.05, 4.69) is 20.8 Å². The predicted molar refractivity (Wildman–Crippen MR) is 57.4 cm³/mol. The summed E-state index contributed by atoms with van der Waals surface area (Å²) in [6, 6.07) is 0.375. The molecule has 0 aromatic carbocycles. The van der Waals surface area contributed by atoms with Crippen molar-refractivity contribution in [1.82, 2.24) is 0 Å². The zero-order valence-corrected chi connectivity index (χ0v) is 9.27. The van der Waals surface area contributed by atoms with Crippen molar-refractivity contribution in [3.8, 4) is 0 Å². The molecular weight excluding hydrogens is 160 g/mol. The molecule has 1 aliphatic carbocycles. The minimum atomic E-state index is 0.375. The molecule has 0 radical (unpaired) electrons. The lowest BCUT2D eigenvalue weighted by atomic mass is 9.62. The fourth-order valence-corrected chi connectivity index (χ4v) is 3.25. The maximum absolute atomic E-state index is 6.08. The van der Waals surface area contributed by atoms with Gasteiger partial charge in [0.05, 0.1) is 0 Å². The summed E-state index contributed by atoms with van der Waals surface area (Å²) >= 11 is 0. The van der Waals surface area contributed by atoms with Gasteiger partial charge in [-0.15, -0.1) is 0 Å². The third kappa shape index (κ3) is 2.96. The standard InChI is InChI=1S/C11H24N2/c1-10(2)6-9(13)7-11(3,8-10)4-5-12/h9H,4-8,12-13H2,1-3H3. The molecular formula is C11H24N2. The van der Waals surface area contributed by atoms with E-state index >= 15 is 0 Å². The minimum absolute atomic E-state index is 0.375. The first-order valence-corrected chi connectivity index (χ1v) is 5.33. The first-order chi connectivity index (χ1) is 5.87. The van der Waals surface area contributed by atoms with E-state index < -0.39 is 0 Å². The quantitative estimate of drug-likeness (QED) is 0.688. The third-order valence-electron chi connectivity index (χ3n) is 3.22. The van der Waals surface area contributed by atoms with Crippen molar-refractivity contribution >= 4 is 0 Å². The van der Waals surface area contributed by atoms with Gasteiger partial charge in [-0.25, -0.2) is 0 Å². The maximum atomic E-state index is 6.08. The van der Waals surface area contributed by atoms with Crippen LogP contribution in [-0.2, 0) is 0 Å². The third-order valence-corrected chi connectivity index (χ3v) is 3.22. The van der Waals surface area contributed by atoms with E-state index in [1.807, 2.05) is 0 Å². The largest absolute Gasteiger partial charge is 0.330 e. The van der Waals surface area contributed by atoms with Crippen LogP contribution in [0, 0.1) is 10.8 Å². The Balaban J connectivity index is 2.66. The average Bonchev–Trinajstić information content (AvgIpc) is 1.78. The van der Waals surface area contributed by atoms with Crippen LogP contribution in [-0.4, -0.2) is 12.6 Å². The van der Waals surface area contributed by atoms with Gasteiger partial charge in [0.1, 0.15) is 0 Å². The minimum Gasteiger partial charge on any atom is -0.330 e. The van der Waals surface area contributed by atoms with E-state index in [9.17, 15) is 0 Å². The van der Waals surface area contributed by atoms with Gasteiger partial charge in [0, 0.05) is 6.04 Å². The molecule has 13 heavy (non-hydrogen) atoms. The van der Waals surface area contributed by atoms with E-state index in [1.165, 1.54) is 6.42 Å². The number of hydrogen-bond acceptors (Lipinski definition) is 2. The summed E-state index contributed by atoms with van der Waals surface area (Å²) < 4.78 is 0. The lowest BCUT2D eigenvalue weighted by Crippen LogP contribution is -2.43. The van der Waals surface area contributed by atoms with Gasteiger partial charge < -0.3 is 11.5 Å². The Kier molecular flexibility index (Phi) is 3.03. The second kappa shape index (κ2) is 3.58. The number of rotatable bonds is 2. The Morgan fingerprint density at radius 2 is 1.85 bits per heavy atom. The van der Waals surface area contributed by atoms with Gasteiger partial charge in [0.15, 0.2) is 0 Å². The van der Waals surface area contributed by atoms with Gasteiger partial charge in [0.25, 0.3) is 0 Å². The van der Waals surface area contributed by atoms with Crippen molar-refractivity contribution < 1.29 is 0 Å². The van der Waals surface area contributed by atoms with E-state index in [1.54, 1.807) is 0 Å². The zero-order valence-electron chi connectivity index (χ0n) is 9.27. The first kappa shape index (κ1) is 11.0. The molecule has 1 fully saturated rings. The van der Waals surface area contributed by atoms with Crippen molar-refractivity contribution in [3.63, 3.8) is 0 Å². The molecule has 0 saturated heterocycles. The Labute approximate surface area is 82.1 Å².